The van der Waals surface area contributed by atoms with Crippen LogP contribution in [-0.2, 0) is 4.79 Å². The van der Waals surface area contributed by atoms with Gasteiger partial charge in [-0.1, -0.05) is 36.5 Å². The minimum Gasteiger partial charge on any atom is -0.478 e. The van der Waals surface area contributed by atoms with Gasteiger partial charge in [0.2, 0.25) is 0 Å². The normalized spacial score (nSPS) is 13.4. The van der Waals surface area contributed by atoms with Gasteiger partial charge in [0.1, 0.15) is 0 Å². The molecule has 76 valence electrons. The maximum Gasteiger partial charge on any atom is 0.335 e. The molecular formula is C12H16O2. The van der Waals surface area contributed by atoms with Crippen molar-refractivity contribution in [3.8, 4) is 0 Å². The van der Waals surface area contributed by atoms with E-state index in [0.29, 0.717) is 5.57 Å². The summed E-state index contributed by atoms with van der Waals surface area (Å²) in [5, 5.41) is 8.74. The van der Waals surface area contributed by atoms with E-state index in [2.05, 4.69) is 0 Å². The molecule has 0 aliphatic heterocycles. The fourth-order valence-corrected chi connectivity index (χ4v) is 0.843. The summed E-state index contributed by atoms with van der Waals surface area (Å²) < 4.78 is 0. The number of hydrogen-bond donors (Lipinski definition) is 1. The van der Waals surface area contributed by atoms with Gasteiger partial charge in [0, 0.05) is 0 Å². The Balaban J connectivity index is 4.29. The first-order valence-electron chi connectivity index (χ1n) is 4.56. The first-order chi connectivity index (χ1) is 6.72. The lowest BCUT2D eigenvalue weighted by molar-refractivity contribution is -0.132. The Kier molecular flexibility index (Phi) is 7.15. The lowest BCUT2D eigenvalue weighted by Gasteiger charge is -1.90. The second-order valence-electron chi connectivity index (χ2n) is 2.66. The molecule has 0 bridgehead atoms. The zero-order valence-corrected chi connectivity index (χ0v) is 8.60. The van der Waals surface area contributed by atoms with Crippen LogP contribution in [0.2, 0.25) is 0 Å². The molecule has 2 heteroatoms. The number of carbonyl (C=O) groups is 1. The summed E-state index contributed by atoms with van der Waals surface area (Å²) in [7, 11) is 0. The fourth-order valence-electron chi connectivity index (χ4n) is 0.843. The standard InChI is InChI=1S/C12H16O2/c1-3-5-6-7-8-10-11(9-4-2)12(13)14/h3-5,7-10H,6H2,1-2H3,(H,13,14)/b5-3+,8-7+,9-4+,11-10-. The third kappa shape index (κ3) is 6.00. The van der Waals surface area contributed by atoms with E-state index in [1.807, 2.05) is 25.2 Å². The highest BCUT2D eigenvalue weighted by Crippen LogP contribution is 1.98. The molecule has 0 aromatic carbocycles. The topological polar surface area (TPSA) is 37.3 Å². The van der Waals surface area contributed by atoms with Crippen LogP contribution >= 0.6 is 0 Å². The summed E-state index contributed by atoms with van der Waals surface area (Å²) in [5.41, 5.74) is 0.296. The van der Waals surface area contributed by atoms with Crippen molar-refractivity contribution in [2.75, 3.05) is 0 Å². The minimum absolute atomic E-state index is 0.296. The van der Waals surface area contributed by atoms with Crippen molar-refractivity contribution in [2.24, 2.45) is 0 Å². The Morgan fingerprint density at radius 2 is 1.93 bits per heavy atom. The number of carboxylic acid groups (broad SMARTS) is 1. The van der Waals surface area contributed by atoms with Crippen molar-refractivity contribution >= 4 is 5.97 Å². The molecule has 0 aliphatic carbocycles. The fraction of sp³-hybridized carbons (Fsp3) is 0.250. The number of aliphatic carboxylic acids is 1. The van der Waals surface area contributed by atoms with Crippen LogP contribution in [0, 0.1) is 0 Å². The van der Waals surface area contributed by atoms with Crippen molar-refractivity contribution in [3.63, 3.8) is 0 Å². The van der Waals surface area contributed by atoms with E-state index >= 15 is 0 Å². The summed E-state index contributed by atoms with van der Waals surface area (Å²) in [5.74, 6) is -0.904. The van der Waals surface area contributed by atoms with Crippen LogP contribution in [0.25, 0.3) is 0 Å². The van der Waals surface area contributed by atoms with Crippen molar-refractivity contribution < 1.29 is 9.90 Å². The molecule has 14 heavy (non-hydrogen) atoms. The monoisotopic (exact) mass is 192 g/mol. The predicted molar refractivity (Wildman–Crippen MR) is 59.1 cm³/mol. The van der Waals surface area contributed by atoms with Crippen LogP contribution in [0.3, 0.4) is 0 Å². The quantitative estimate of drug-likeness (QED) is 0.413. The third-order valence-electron chi connectivity index (χ3n) is 1.51. The molecule has 0 saturated heterocycles. The molecule has 0 aromatic heterocycles. The average Bonchev–Trinajstić information content (AvgIpc) is 2.15. The number of rotatable bonds is 5. The molecule has 0 saturated carbocycles. The van der Waals surface area contributed by atoms with Gasteiger partial charge >= 0.3 is 5.97 Å². The highest BCUT2D eigenvalue weighted by Gasteiger charge is 1.98. The van der Waals surface area contributed by atoms with Crippen LogP contribution in [0.4, 0.5) is 0 Å². The summed E-state index contributed by atoms with van der Waals surface area (Å²) in [6, 6.07) is 0. The van der Waals surface area contributed by atoms with Gasteiger partial charge in [0.15, 0.2) is 0 Å². The van der Waals surface area contributed by atoms with Crippen molar-refractivity contribution in [2.45, 2.75) is 20.3 Å². The Morgan fingerprint density at radius 3 is 2.43 bits per heavy atom. The highest BCUT2D eigenvalue weighted by atomic mass is 16.4. The summed E-state index contributed by atoms with van der Waals surface area (Å²) in [4.78, 5) is 10.6. The van der Waals surface area contributed by atoms with E-state index < -0.39 is 5.97 Å². The van der Waals surface area contributed by atoms with Crippen molar-refractivity contribution in [3.05, 3.63) is 48.1 Å². The van der Waals surface area contributed by atoms with Gasteiger partial charge in [-0.3, -0.25) is 0 Å². The Labute approximate surface area is 85.0 Å². The van der Waals surface area contributed by atoms with Crippen LogP contribution < -0.4 is 0 Å². The minimum atomic E-state index is -0.904. The van der Waals surface area contributed by atoms with E-state index in [-0.39, 0.29) is 0 Å². The Bertz CT molecular complexity index is 281. The van der Waals surface area contributed by atoms with Gasteiger partial charge in [0.25, 0.3) is 0 Å². The second kappa shape index (κ2) is 8.05. The molecular weight excluding hydrogens is 176 g/mol. The van der Waals surface area contributed by atoms with Crippen molar-refractivity contribution in [1.82, 2.24) is 0 Å². The molecule has 1 N–H and O–H groups in total. The lowest BCUT2D eigenvalue weighted by Crippen LogP contribution is -1.96. The smallest absolute Gasteiger partial charge is 0.335 e. The van der Waals surface area contributed by atoms with Crippen LogP contribution in [0.15, 0.2) is 48.1 Å². The predicted octanol–water partition coefficient (Wildman–Crippen LogP) is 3.10. The molecule has 0 amide bonds. The zero-order chi connectivity index (χ0) is 10.8. The van der Waals surface area contributed by atoms with Crippen LogP contribution in [0.1, 0.15) is 20.3 Å². The van der Waals surface area contributed by atoms with Crippen LogP contribution in [0.5, 0.6) is 0 Å². The second-order valence-corrected chi connectivity index (χ2v) is 2.66. The van der Waals surface area contributed by atoms with E-state index in [4.69, 9.17) is 5.11 Å². The molecule has 0 unspecified atom stereocenters. The van der Waals surface area contributed by atoms with Gasteiger partial charge < -0.3 is 5.11 Å². The molecule has 0 aliphatic rings. The average molecular weight is 192 g/mol. The summed E-state index contributed by atoms with van der Waals surface area (Å²) in [6.07, 6.45) is 13.3. The maximum absolute atomic E-state index is 10.6. The molecule has 0 spiro atoms. The first-order valence-corrected chi connectivity index (χ1v) is 4.56. The number of carboxylic acids is 1. The summed E-state index contributed by atoms with van der Waals surface area (Å²) in [6.45, 7) is 3.74. The van der Waals surface area contributed by atoms with E-state index in [1.165, 1.54) is 0 Å². The number of allylic oxidation sites excluding steroid dienone is 6. The van der Waals surface area contributed by atoms with Gasteiger partial charge in [-0.2, -0.15) is 0 Å². The van der Waals surface area contributed by atoms with Gasteiger partial charge in [-0.25, -0.2) is 4.79 Å². The molecule has 0 heterocycles. The largest absolute Gasteiger partial charge is 0.478 e. The van der Waals surface area contributed by atoms with E-state index in [1.54, 1.807) is 31.2 Å². The molecule has 0 aromatic rings. The maximum atomic E-state index is 10.6. The first kappa shape index (κ1) is 12.4. The Morgan fingerprint density at radius 1 is 1.21 bits per heavy atom. The molecule has 2 nitrogen and oxygen atoms in total. The van der Waals surface area contributed by atoms with Gasteiger partial charge in [-0.15, -0.1) is 0 Å². The molecule has 0 fully saturated rings. The molecule has 0 radical (unpaired) electrons. The highest BCUT2D eigenvalue weighted by molar-refractivity contribution is 5.90. The van der Waals surface area contributed by atoms with Crippen LogP contribution in [-0.4, -0.2) is 11.1 Å². The van der Waals surface area contributed by atoms with Crippen molar-refractivity contribution in [1.29, 1.82) is 0 Å². The molecule has 0 rings (SSSR count). The van der Waals surface area contributed by atoms with E-state index in [0.717, 1.165) is 6.42 Å². The van der Waals surface area contributed by atoms with Gasteiger partial charge in [-0.05, 0) is 26.3 Å². The zero-order valence-electron chi connectivity index (χ0n) is 8.60. The Hall–Kier alpha value is -1.57. The molecule has 0 atom stereocenters. The van der Waals surface area contributed by atoms with Gasteiger partial charge in [0.05, 0.1) is 5.57 Å². The SMILES string of the molecule is C/C=C/C/C=C/C=C(/C=C/C)C(=O)O. The third-order valence-corrected chi connectivity index (χ3v) is 1.51. The number of hydrogen-bond acceptors (Lipinski definition) is 1. The lowest BCUT2D eigenvalue weighted by atomic mass is 10.2. The summed E-state index contributed by atoms with van der Waals surface area (Å²) >= 11 is 0. The van der Waals surface area contributed by atoms with E-state index in [9.17, 15) is 4.79 Å².